The molecule has 0 aliphatic carbocycles. The minimum Gasteiger partial charge on any atom is -0.378 e. The molecule has 2 aromatic carbocycles. The summed E-state index contributed by atoms with van der Waals surface area (Å²) in [7, 11) is 0. The summed E-state index contributed by atoms with van der Waals surface area (Å²) in [6, 6.07) is 17.8. The fraction of sp³-hybridized carbons (Fsp3) is 0.182. The maximum Gasteiger partial charge on any atom is 0.227 e. The SMILES string of the molecule is C=N/C(=N\NN)c1ccc(Nc2nccc(-c3cccc(N4CCOCC4)c3)n2)cc1. The number of amidine groups is 1. The molecule has 2 heterocycles. The molecular weight excluding hydrogens is 392 g/mol. The number of morpholine rings is 1. The van der Waals surface area contributed by atoms with Crippen molar-refractivity contribution in [2.75, 3.05) is 36.5 Å². The molecule has 0 spiro atoms. The van der Waals surface area contributed by atoms with E-state index < -0.39 is 0 Å². The van der Waals surface area contributed by atoms with Gasteiger partial charge in [0.2, 0.25) is 5.95 Å². The van der Waals surface area contributed by atoms with Crippen molar-refractivity contribution in [1.82, 2.24) is 15.5 Å². The van der Waals surface area contributed by atoms with Crippen molar-refractivity contribution in [3.8, 4) is 11.3 Å². The average molecular weight is 416 g/mol. The van der Waals surface area contributed by atoms with Gasteiger partial charge in [-0.15, -0.1) is 5.10 Å². The largest absolute Gasteiger partial charge is 0.378 e. The van der Waals surface area contributed by atoms with Gasteiger partial charge in [-0.25, -0.2) is 26.3 Å². The number of ether oxygens (including phenoxy) is 1. The summed E-state index contributed by atoms with van der Waals surface area (Å²) in [6.07, 6.45) is 1.75. The summed E-state index contributed by atoms with van der Waals surface area (Å²) in [5.41, 5.74) is 6.91. The molecule has 158 valence electrons. The molecule has 1 fully saturated rings. The van der Waals surface area contributed by atoms with E-state index in [-0.39, 0.29) is 0 Å². The predicted octanol–water partition coefficient (Wildman–Crippen LogP) is 2.55. The summed E-state index contributed by atoms with van der Waals surface area (Å²) in [4.78, 5) is 15.2. The first-order chi connectivity index (χ1) is 15.3. The van der Waals surface area contributed by atoms with E-state index in [1.165, 1.54) is 5.69 Å². The predicted molar refractivity (Wildman–Crippen MR) is 124 cm³/mol. The molecule has 1 saturated heterocycles. The molecule has 4 N–H and O–H groups in total. The smallest absolute Gasteiger partial charge is 0.227 e. The Morgan fingerprint density at radius 3 is 2.65 bits per heavy atom. The van der Waals surface area contributed by atoms with Crippen molar-refractivity contribution in [2.24, 2.45) is 15.9 Å². The molecular formula is C22H24N8O. The minimum absolute atomic E-state index is 0.410. The number of anilines is 3. The van der Waals surface area contributed by atoms with Crippen molar-refractivity contribution in [3.63, 3.8) is 0 Å². The monoisotopic (exact) mass is 416 g/mol. The third-order valence-corrected chi connectivity index (χ3v) is 4.89. The van der Waals surface area contributed by atoms with E-state index in [4.69, 9.17) is 10.6 Å². The quantitative estimate of drug-likeness (QED) is 0.245. The molecule has 0 bridgehead atoms. The molecule has 1 aliphatic rings. The van der Waals surface area contributed by atoms with Crippen LogP contribution in [0.25, 0.3) is 11.3 Å². The van der Waals surface area contributed by atoms with Crippen LogP contribution in [-0.2, 0) is 4.74 Å². The summed E-state index contributed by atoms with van der Waals surface area (Å²) in [5.74, 6) is 6.15. The van der Waals surface area contributed by atoms with Gasteiger partial charge in [-0.05, 0) is 49.2 Å². The highest BCUT2D eigenvalue weighted by Gasteiger charge is 2.12. The van der Waals surface area contributed by atoms with Crippen LogP contribution in [0.1, 0.15) is 5.56 Å². The Bertz CT molecular complexity index is 1060. The fourth-order valence-electron chi connectivity index (χ4n) is 3.35. The van der Waals surface area contributed by atoms with Gasteiger partial charge in [-0.2, -0.15) is 0 Å². The topological polar surface area (TPSA) is 113 Å². The van der Waals surface area contributed by atoms with E-state index >= 15 is 0 Å². The van der Waals surface area contributed by atoms with Gasteiger partial charge < -0.3 is 15.0 Å². The molecule has 0 amide bonds. The number of rotatable bonds is 6. The summed E-state index contributed by atoms with van der Waals surface area (Å²) in [6.45, 7) is 6.79. The Balaban J connectivity index is 1.51. The lowest BCUT2D eigenvalue weighted by Crippen LogP contribution is -2.36. The average Bonchev–Trinajstić information content (AvgIpc) is 2.84. The molecule has 1 aliphatic heterocycles. The summed E-state index contributed by atoms with van der Waals surface area (Å²) >= 11 is 0. The maximum atomic E-state index is 5.45. The molecule has 4 rings (SSSR count). The zero-order valence-corrected chi connectivity index (χ0v) is 17.0. The number of benzene rings is 2. The number of nitrogens with two attached hydrogens (primary N) is 1. The standard InChI is InChI=1S/C22H24N8O/c1-24-21(28-29-23)16-5-7-18(8-6-16)26-22-25-10-9-20(27-22)17-3-2-4-19(15-17)30-11-13-31-14-12-30/h2-10,15,29H,1,11-14,23H2,(H,25,26,27)/b28-21-. The van der Waals surface area contributed by atoms with Crippen molar-refractivity contribution >= 4 is 29.9 Å². The first kappa shape index (κ1) is 20.5. The van der Waals surface area contributed by atoms with E-state index in [1.807, 2.05) is 30.3 Å². The van der Waals surface area contributed by atoms with Crippen LogP contribution in [0.4, 0.5) is 17.3 Å². The molecule has 0 unspecified atom stereocenters. The second-order valence-electron chi connectivity index (χ2n) is 6.84. The highest BCUT2D eigenvalue weighted by Crippen LogP contribution is 2.25. The Labute approximate surface area is 180 Å². The molecule has 0 radical (unpaired) electrons. The normalized spacial score (nSPS) is 14.2. The Hall–Kier alpha value is -3.82. The van der Waals surface area contributed by atoms with Gasteiger partial charge in [0.05, 0.1) is 18.9 Å². The van der Waals surface area contributed by atoms with Crippen LogP contribution >= 0.6 is 0 Å². The molecule has 31 heavy (non-hydrogen) atoms. The van der Waals surface area contributed by atoms with Crippen LogP contribution in [0, 0.1) is 0 Å². The lowest BCUT2D eigenvalue weighted by molar-refractivity contribution is 0.122. The number of hydrazone groups is 1. The second kappa shape index (κ2) is 9.79. The van der Waals surface area contributed by atoms with Gasteiger partial charge in [-0.1, -0.05) is 12.1 Å². The second-order valence-corrected chi connectivity index (χ2v) is 6.84. The zero-order valence-electron chi connectivity index (χ0n) is 17.0. The minimum atomic E-state index is 0.410. The first-order valence-corrected chi connectivity index (χ1v) is 9.90. The highest BCUT2D eigenvalue weighted by atomic mass is 16.5. The van der Waals surface area contributed by atoms with Gasteiger partial charge in [0, 0.05) is 41.8 Å². The number of nitrogens with one attached hydrogen (secondary N) is 2. The third kappa shape index (κ3) is 5.03. The number of aliphatic imine (C=N–C) groups is 1. The Kier molecular flexibility index (Phi) is 6.46. The number of hydrogen-bond acceptors (Lipinski definition) is 8. The molecule has 9 heteroatoms. The maximum absolute atomic E-state index is 5.45. The van der Waals surface area contributed by atoms with Crippen molar-refractivity contribution in [3.05, 3.63) is 66.4 Å². The Morgan fingerprint density at radius 2 is 1.90 bits per heavy atom. The van der Waals surface area contributed by atoms with Gasteiger partial charge >= 0.3 is 0 Å². The molecule has 9 nitrogen and oxygen atoms in total. The van der Waals surface area contributed by atoms with E-state index in [9.17, 15) is 0 Å². The van der Waals surface area contributed by atoms with Gasteiger partial charge in [0.15, 0.2) is 5.84 Å². The number of hydrogen-bond donors (Lipinski definition) is 3. The van der Waals surface area contributed by atoms with Gasteiger partial charge in [-0.3, -0.25) is 0 Å². The van der Waals surface area contributed by atoms with Crippen LogP contribution in [0.15, 0.2) is 70.9 Å². The molecule has 1 aromatic heterocycles. The van der Waals surface area contributed by atoms with E-state index in [2.05, 4.69) is 66.8 Å². The van der Waals surface area contributed by atoms with Crippen molar-refractivity contribution < 1.29 is 4.74 Å². The fourth-order valence-corrected chi connectivity index (χ4v) is 3.35. The van der Waals surface area contributed by atoms with E-state index in [0.29, 0.717) is 11.8 Å². The van der Waals surface area contributed by atoms with Crippen LogP contribution in [0.5, 0.6) is 0 Å². The number of aromatic nitrogens is 2. The molecule has 0 atom stereocenters. The van der Waals surface area contributed by atoms with Crippen LogP contribution < -0.4 is 21.6 Å². The van der Waals surface area contributed by atoms with Gasteiger partial charge in [0.25, 0.3) is 0 Å². The van der Waals surface area contributed by atoms with Crippen LogP contribution in [0.2, 0.25) is 0 Å². The first-order valence-electron chi connectivity index (χ1n) is 9.90. The van der Waals surface area contributed by atoms with Gasteiger partial charge in [0.1, 0.15) is 0 Å². The summed E-state index contributed by atoms with van der Waals surface area (Å²) in [5, 5.41) is 7.10. The van der Waals surface area contributed by atoms with Crippen molar-refractivity contribution in [1.29, 1.82) is 0 Å². The molecule has 0 saturated carbocycles. The van der Waals surface area contributed by atoms with Crippen molar-refractivity contribution in [2.45, 2.75) is 0 Å². The number of nitrogens with zero attached hydrogens (tertiary/aromatic N) is 5. The van der Waals surface area contributed by atoms with Crippen LogP contribution in [-0.4, -0.2) is 48.8 Å². The Morgan fingerprint density at radius 1 is 1.10 bits per heavy atom. The lowest BCUT2D eigenvalue weighted by atomic mass is 10.1. The summed E-state index contributed by atoms with van der Waals surface area (Å²) < 4.78 is 5.45. The number of hydrazine groups is 1. The van der Waals surface area contributed by atoms with E-state index in [1.54, 1.807) is 6.20 Å². The zero-order chi connectivity index (χ0) is 21.5. The third-order valence-electron chi connectivity index (χ3n) is 4.89. The highest BCUT2D eigenvalue weighted by molar-refractivity contribution is 6.01. The van der Waals surface area contributed by atoms with E-state index in [0.717, 1.165) is 48.8 Å². The molecule has 3 aromatic rings. The van der Waals surface area contributed by atoms with Crippen LogP contribution in [0.3, 0.4) is 0 Å². The lowest BCUT2D eigenvalue weighted by Gasteiger charge is -2.29.